The molecule has 0 aromatic carbocycles. The summed E-state index contributed by atoms with van der Waals surface area (Å²) in [7, 11) is -10.9. The van der Waals surface area contributed by atoms with Crippen LogP contribution in [0.4, 0.5) is 5.82 Å². The molecule has 1 saturated heterocycles. The van der Waals surface area contributed by atoms with E-state index in [0.717, 1.165) is 0 Å². The second kappa shape index (κ2) is 10.6. The van der Waals surface area contributed by atoms with Gasteiger partial charge in [-0.05, 0) is 11.6 Å². The molecule has 1 aliphatic heterocycles. The number of rotatable bonds is 8. The number of nitrogens with two attached hydrogens (primary N) is 1. The molecule has 3 rings (SSSR count). The maximum Gasteiger partial charge on any atom is 1.00 e. The molecule has 2 aromatic rings. The molecule has 177 valence electrons. The van der Waals surface area contributed by atoms with Gasteiger partial charge in [0.05, 0.1) is 20.4 Å². The number of hydrogen-bond donors (Lipinski definition) is 6. The first-order valence-electron chi connectivity index (χ1n) is 8.10. The minimum absolute atomic E-state index is 0. The Morgan fingerprint density at radius 2 is 1.82 bits per heavy atom. The smallest absolute Gasteiger partial charge is 0.443 e. The topological polar surface area (TPSA) is 259 Å². The summed E-state index contributed by atoms with van der Waals surface area (Å²) in [6, 6.07) is 0. The van der Waals surface area contributed by atoms with Gasteiger partial charge in [0.1, 0.15) is 23.8 Å². The van der Waals surface area contributed by atoms with Crippen LogP contribution in [0.15, 0.2) is 6.33 Å². The summed E-state index contributed by atoms with van der Waals surface area (Å²) in [6.45, 7) is -0.858. The van der Waals surface area contributed by atoms with Gasteiger partial charge in [-0.15, -0.1) is 0 Å². The van der Waals surface area contributed by atoms with E-state index in [4.69, 9.17) is 39.4 Å². The van der Waals surface area contributed by atoms with Crippen LogP contribution in [0.1, 0.15) is 6.23 Å². The van der Waals surface area contributed by atoms with E-state index in [1.807, 2.05) is 0 Å². The van der Waals surface area contributed by atoms with Crippen LogP contribution in [0, 0.1) is 0 Å². The number of ether oxygens (including phenoxy) is 1. The van der Waals surface area contributed by atoms with Crippen LogP contribution in [-0.2, 0) is 31.6 Å². The summed E-state index contributed by atoms with van der Waals surface area (Å²) in [5, 5.41) is 20.3. The van der Waals surface area contributed by atoms with Gasteiger partial charge >= 0.3 is 45.2 Å². The van der Waals surface area contributed by atoms with Crippen molar-refractivity contribution in [1.82, 2.24) is 19.5 Å². The second-order valence-corrected chi connectivity index (χ2v) is 11.1. The molecule has 33 heavy (non-hydrogen) atoms. The molecule has 23 heteroatoms. The second-order valence-electron chi connectivity index (χ2n) is 6.21. The summed E-state index contributed by atoms with van der Waals surface area (Å²) >= 11 is 5.77. The first-order chi connectivity index (χ1) is 14.6. The summed E-state index contributed by atoms with van der Waals surface area (Å²) in [5.41, 5.74) is 5.88. The predicted molar refractivity (Wildman–Crippen MR) is 104 cm³/mol. The Bertz CT molecular complexity index is 1170. The number of hydrogen-bond acceptors (Lipinski definition) is 13. The van der Waals surface area contributed by atoms with Crippen molar-refractivity contribution in [2.75, 3.05) is 12.3 Å². The van der Waals surface area contributed by atoms with Crippen molar-refractivity contribution < 1.29 is 86.0 Å². The quantitative estimate of drug-likeness (QED) is 0.103. The van der Waals surface area contributed by atoms with Crippen LogP contribution in [0.2, 0.25) is 5.28 Å². The predicted octanol–water partition coefficient (Wildman–Crippen LogP) is -3.80. The van der Waals surface area contributed by atoms with E-state index in [0.29, 0.717) is 0 Å². The van der Waals surface area contributed by atoms with Crippen molar-refractivity contribution in [3.05, 3.63) is 11.6 Å². The summed E-state index contributed by atoms with van der Waals surface area (Å²) in [4.78, 5) is 37.9. The van der Waals surface area contributed by atoms with Crippen molar-refractivity contribution >= 4 is 59.3 Å². The van der Waals surface area contributed by atoms with Crippen LogP contribution in [0.25, 0.3) is 11.2 Å². The van der Waals surface area contributed by atoms with E-state index < -0.39 is 54.3 Å². The number of halogens is 1. The minimum atomic E-state index is -5.59. The maximum absolute atomic E-state index is 12.0. The third-order valence-electron chi connectivity index (χ3n) is 3.88. The molecule has 0 bridgehead atoms. The van der Waals surface area contributed by atoms with E-state index in [1.165, 1.54) is 10.9 Å². The SMILES string of the molecule is [B-]P(=O)(OC[C@H]1O[C@@H](n2cnc3c(N)nc(Cl)nc32)[C@H](O)[C@@H]1O)OP(=O)(O)OP(=O)(O)O.[Na+]. The number of aromatic nitrogens is 4. The van der Waals surface area contributed by atoms with E-state index in [1.54, 1.807) is 0 Å². The zero-order valence-electron chi connectivity index (χ0n) is 16.4. The zero-order valence-corrected chi connectivity index (χ0v) is 21.8. The van der Waals surface area contributed by atoms with E-state index in [2.05, 4.69) is 28.1 Å². The van der Waals surface area contributed by atoms with Crippen LogP contribution < -0.4 is 35.3 Å². The Kier molecular flexibility index (Phi) is 9.37. The van der Waals surface area contributed by atoms with Crippen molar-refractivity contribution in [1.29, 1.82) is 0 Å². The van der Waals surface area contributed by atoms with Gasteiger partial charge in [0, 0.05) is 0 Å². The molecule has 7 N–H and O–H groups in total. The molecular weight excluding hydrogens is 544 g/mol. The van der Waals surface area contributed by atoms with Gasteiger partial charge in [0.15, 0.2) is 17.7 Å². The summed E-state index contributed by atoms with van der Waals surface area (Å²) in [6.07, 6.45) is -4.80. The number of anilines is 1. The standard InChI is InChI=1S/C10H14BClN5O12P3.Na/c11-30(20,28-32(24,25)29-31(21,22)23)26-1-3-5(18)6(19)9(27-3)17-2-14-4-7(13)15-10(12)16-8(4)17;/h2-3,5-6,9,18-19H,1H2,(H,24,25)(H2,13,15,16)(H2,21,22,23);/q-1;+1/t3-,5-,6-,9-,30?;/m1./s1. The molecular formula is C10H14BClN5NaO12P3. The van der Waals surface area contributed by atoms with E-state index in [9.17, 15) is 28.8 Å². The van der Waals surface area contributed by atoms with Crippen molar-refractivity contribution in [2.24, 2.45) is 0 Å². The molecule has 1 aliphatic rings. The molecule has 2 unspecified atom stereocenters. The molecule has 0 aliphatic carbocycles. The Morgan fingerprint density at radius 3 is 2.42 bits per heavy atom. The fraction of sp³-hybridized carbons (Fsp3) is 0.500. The number of imidazole rings is 1. The van der Waals surface area contributed by atoms with E-state index >= 15 is 0 Å². The molecule has 3 heterocycles. The summed E-state index contributed by atoms with van der Waals surface area (Å²) < 4.78 is 52.8. The Hall–Kier alpha value is 0.0349. The number of phosphoric acid groups is 2. The fourth-order valence-electron chi connectivity index (χ4n) is 2.69. The van der Waals surface area contributed by atoms with E-state index in [-0.39, 0.29) is 51.8 Å². The van der Waals surface area contributed by atoms with Gasteiger partial charge in [-0.25, -0.2) is 18.4 Å². The van der Waals surface area contributed by atoms with Crippen molar-refractivity contribution in [2.45, 2.75) is 24.5 Å². The van der Waals surface area contributed by atoms with Gasteiger partial charge in [-0.1, -0.05) is 0 Å². The molecule has 1 fully saturated rings. The first kappa shape index (κ1) is 29.3. The number of nitrogens with zero attached hydrogens (tertiary/aromatic N) is 4. The summed E-state index contributed by atoms with van der Waals surface area (Å²) in [5.74, 6) is -0.0566. The van der Waals surface area contributed by atoms with Gasteiger partial charge in [0.2, 0.25) is 5.28 Å². The van der Waals surface area contributed by atoms with Crippen molar-refractivity contribution in [3.63, 3.8) is 0 Å². The molecule has 17 nitrogen and oxygen atoms in total. The Labute approximate surface area is 212 Å². The molecule has 2 aromatic heterocycles. The van der Waals surface area contributed by atoms with Crippen LogP contribution in [0.5, 0.6) is 0 Å². The van der Waals surface area contributed by atoms with Crippen molar-refractivity contribution in [3.8, 4) is 0 Å². The number of fused-ring (bicyclic) bond motifs is 1. The Morgan fingerprint density at radius 1 is 1.18 bits per heavy atom. The molecule has 0 spiro atoms. The molecule has 0 saturated carbocycles. The first-order valence-corrected chi connectivity index (χ1v) is 13.1. The fourth-order valence-corrected chi connectivity index (χ4v) is 6.02. The zero-order chi connectivity index (χ0) is 24.1. The number of aliphatic hydroxyl groups is 2. The average Bonchev–Trinajstić information content (AvgIpc) is 3.12. The average molecular weight is 558 g/mol. The van der Waals surface area contributed by atoms with Gasteiger partial charge in [-0.3, -0.25) is 4.57 Å². The molecule has 6 atom stereocenters. The van der Waals surface area contributed by atoms with Gasteiger partial charge < -0.3 is 52.0 Å². The normalized spacial score (nSPS) is 27.1. The number of aliphatic hydroxyl groups excluding tert-OH is 2. The minimum Gasteiger partial charge on any atom is -0.443 e. The monoisotopic (exact) mass is 558 g/mol. The maximum atomic E-state index is 12.0. The van der Waals surface area contributed by atoms with Gasteiger partial charge in [-0.2, -0.15) is 14.3 Å². The van der Waals surface area contributed by atoms with Crippen LogP contribution >= 0.6 is 34.7 Å². The third kappa shape index (κ3) is 7.27. The number of nitrogen functional groups attached to an aromatic ring is 1. The Balaban J connectivity index is 0.00000385. The molecule has 0 amide bonds. The van der Waals surface area contributed by atoms with Gasteiger partial charge in [0.25, 0.3) is 0 Å². The van der Waals surface area contributed by atoms with Crippen LogP contribution in [0.3, 0.4) is 0 Å². The van der Waals surface area contributed by atoms with Crippen LogP contribution in [-0.4, -0.2) is 76.9 Å². The molecule has 3 radical (unpaired) electrons. The largest absolute Gasteiger partial charge is 1.00 e. The third-order valence-corrected chi connectivity index (χ3v) is 7.97.